The molecule has 1 amide bonds. The first-order chi connectivity index (χ1) is 8.39. The quantitative estimate of drug-likeness (QED) is 0.897. The van der Waals surface area contributed by atoms with E-state index in [9.17, 15) is 18.0 Å². The molecule has 0 aliphatic carbocycles. The van der Waals surface area contributed by atoms with Crippen LogP contribution in [-0.2, 0) is 6.18 Å². The Balaban J connectivity index is 2.53. The van der Waals surface area contributed by atoms with Gasteiger partial charge in [0.1, 0.15) is 5.69 Å². The van der Waals surface area contributed by atoms with Crippen LogP contribution < -0.4 is 5.73 Å². The van der Waals surface area contributed by atoms with Crippen LogP contribution in [0.3, 0.4) is 0 Å². The molecule has 1 heterocycles. The summed E-state index contributed by atoms with van der Waals surface area (Å²) in [5.41, 5.74) is 3.83. The molecule has 0 saturated carbocycles. The largest absolute Gasteiger partial charge is 0.417 e. The standard InChI is InChI=1S/C11H7F3N2O2/c12-11(13,14)7-4-2-1-3-6(7)8-5-9(10(15)17)18-16-8/h1-5H,(H2,15,17). The van der Waals surface area contributed by atoms with Crippen LogP contribution in [0.5, 0.6) is 0 Å². The van der Waals surface area contributed by atoms with Crippen molar-refractivity contribution in [2.24, 2.45) is 5.73 Å². The highest BCUT2D eigenvalue weighted by molar-refractivity contribution is 5.91. The Kier molecular flexibility index (Phi) is 2.82. The summed E-state index contributed by atoms with van der Waals surface area (Å²) in [6, 6.07) is 5.94. The Morgan fingerprint density at radius 2 is 1.94 bits per heavy atom. The molecule has 0 fully saturated rings. The van der Waals surface area contributed by atoms with Gasteiger partial charge in [0.2, 0.25) is 5.76 Å². The maximum absolute atomic E-state index is 12.7. The smallest absolute Gasteiger partial charge is 0.363 e. The third kappa shape index (κ3) is 2.20. The fourth-order valence-electron chi connectivity index (χ4n) is 1.47. The molecular weight excluding hydrogens is 249 g/mol. The van der Waals surface area contributed by atoms with Crippen LogP contribution in [-0.4, -0.2) is 11.1 Å². The third-order valence-corrected chi connectivity index (χ3v) is 2.26. The normalized spacial score (nSPS) is 11.5. The molecule has 7 heteroatoms. The van der Waals surface area contributed by atoms with Crippen LogP contribution in [0.15, 0.2) is 34.9 Å². The Morgan fingerprint density at radius 3 is 2.50 bits per heavy atom. The minimum atomic E-state index is -4.51. The Bertz CT molecular complexity index is 590. The molecule has 0 spiro atoms. The first-order valence-electron chi connectivity index (χ1n) is 4.82. The summed E-state index contributed by atoms with van der Waals surface area (Å²) in [6.45, 7) is 0. The molecule has 2 rings (SSSR count). The van der Waals surface area contributed by atoms with Crippen molar-refractivity contribution in [1.29, 1.82) is 0 Å². The number of nitrogens with two attached hydrogens (primary N) is 1. The molecule has 1 aromatic heterocycles. The molecule has 0 bridgehead atoms. The molecule has 2 aromatic rings. The van der Waals surface area contributed by atoms with Crippen molar-refractivity contribution in [2.75, 3.05) is 0 Å². The molecule has 0 aliphatic heterocycles. The van der Waals surface area contributed by atoms with Gasteiger partial charge < -0.3 is 10.3 Å². The number of primary amides is 1. The Hall–Kier alpha value is -2.31. The number of nitrogens with zero attached hydrogens (tertiary/aromatic N) is 1. The van der Waals surface area contributed by atoms with Gasteiger partial charge in [-0.2, -0.15) is 13.2 Å². The number of aromatic nitrogens is 1. The summed E-state index contributed by atoms with van der Waals surface area (Å²) in [6.07, 6.45) is -4.51. The molecule has 4 nitrogen and oxygen atoms in total. The zero-order valence-electron chi connectivity index (χ0n) is 8.86. The van der Waals surface area contributed by atoms with E-state index in [1.54, 1.807) is 0 Å². The zero-order chi connectivity index (χ0) is 13.3. The van der Waals surface area contributed by atoms with Crippen molar-refractivity contribution < 1.29 is 22.5 Å². The molecule has 18 heavy (non-hydrogen) atoms. The second-order valence-electron chi connectivity index (χ2n) is 3.48. The van der Waals surface area contributed by atoms with Crippen LogP contribution >= 0.6 is 0 Å². The molecule has 2 N–H and O–H groups in total. The topological polar surface area (TPSA) is 69.1 Å². The molecule has 0 saturated heterocycles. The van der Waals surface area contributed by atoms with Gasteiger partial charge in [0.05, 0.1) is 5.56 Å². The molecule has 1 aromatic carbocycles. The van der Waals surface area contributed by atoms with Crippen molar-refractivity contribution >= 4 is 5.91 Å². The number of alkyl halides is 3. The molecule has 0 aliphatic rings. The second-order valence-corrected chi connectivity index (χ2v) is 3.48. The summed E-state index contributed by atoms with van der Waals surface area (Å²) in [7, 11) is 0. The maximum atomic E-state index is 12.7. The van der Waals surface area contributed by atoms with Crippen molar-refractivity contribution in [3.8, 4) is 11.3 Å². The fraction of sp³-hybridized carbons (Fsp3) is 0.0909. The summed E-state index contributed by atoms with van der Waals surface area (Å²) in [5.74, 6) is -1.18. The Morgan fingerprint density at radius 1 is 1.28 bits per heavy atom. The number of rotatable bonds is 2. The lowest BCUT2D eigenvalue weighted by atomic mass is 10.0. The first-order valence-corrected chi connectivity index (χ1v) is 4.82. The van der Waals surface area contributed by atoms with Gasteiger partial charge in [0.25, 0.3) is 5.91 Å². The van der Waals surface area contributed by atoms with E-state index < -0.39 is 17.6 Å². The zero-order valence-corrected chi connectivity index (χ0v) is 8.86. The van der Waals surface area contributed by atoms with Crippen LogP contribution in [0.25, 0.3) is 11.3 Å². The average molecular weight is 256 g/mol. The van der Waals surface area contributed by atoms with Gasteiger partial charge in [0, 0.05) is 11.6 Å². The number of carbonyl (C=O) groups is 1. The van der Waals surface area contributed by atoms with Crippen molar-refractivity contribution in [3.63, 3.8) is 0 Å². The SMILES string of the molecule is NC(=O)c1cc(-c2ccccc2C(F)(F)F)no1. The summed E-state index contributed by atoms with van der Waals surface area (Å²) < 4.78 is 42.8. The summed E-state index contributed by atoms with van der Waals surface area (Å²) >= 11 is 0. The fourth-order valence-corrected chi connectivity index (χ4v) is 1.47. The number of amides is 1. The van der Waals surface area contributed by atoms with Crippen LogP contribution in [0.4, 0.5) is 13.2 Å². The molecule has 0 unspecified atom stereocenters. The average Bonchev–Trinajstić information content (AvgIpc) is 2.77. The lowest BCUT2D eigenvalue weighted by Crippen LogP contribution is -2.09. The first kappa shape index (κ1) is 12.2. The van der Waals surface area contributed by atoms with Crippen molar-refractivity contribution in [1.82, 2.24) is 5.16 Å². The molecule has 94 valence electrons. The van der Waals surface area contributed by atoms with Gasteiger partial charge in [-0.25, -0.2) is 0 Å². The minimum absolute atomic E-state index is 0.0864. The second kappa shape index (κ2) is 4.17. The lowest BCUT2D eigenvalue weighted by Gasteiger charge is -2.09. The highest BCUT2D eigenvalue weighted by atomic mass is 19.4. The van der Waals surface area contributed by atoms with E-state index >= 15 is 0 Å². The van der Waals surface area contributed by atoms with Gasteiger partial charge >= 0.3 is 6.18 Å². The third-order valence-electron chi connectivity index (χ3n) is 2.26. The van der Waals surface area contributed by atoms with E-state index in [1.165, 1.54) is 18.2 Å². The van der Waals surface area contributed by atoms with Crippen molar-refractivity contribution in [3.05, 3.63) is 41.7 Å². The van der Waals surface area contributed by atoms with Gasteiger partial charge in [-0.3, -0.25) is 4.79 Å². The van der Waals surface area contributed by atoms with E-state index in [2.05, 4.69) is 9.68 Å². The van der Waals surface area contributed by atoms with E-state index in [0.717, 1.165) is 12.1 Å². The van der Waals surface area contributed by atoms with Gasteiger partial charge in [0.15, 0.2) is 0 Å². The van der Waals surface area contributed by atoms with Crippen LogP contribution in [0.1, 0.15) is 16.1 Å². The summed E-state index contributed by atoms with van der Waals surface area (Å²) in [4.78, 5) is 10.8. The van der Waals surface area contributed by atoms with Gasteiger partial charge in [-0.05, 0) is 6.07 Å². The van der Waals surface area contributed by atoms with E-state index in [-0.39, 0.29) is 17.0 Å². The van der Waals surface area contributed by atoms with Crippen LogP contribution in [0.2, 0.25) is 0 Å². The summed E-state index contributed by atoms with van der Waals surface area (Å²) in [5, 5.41) is 3.41. The number of hydrogen-bond donors (Lipinski definition) is 1. The highest BCUT2D eigenvalue weighted by Crippen LogP contribution is 2.36. The van der Waals surface area contributed by atoms with E-state index in [1.807, 2.05) is 0 Å². The monoisotopic (exact) mass is 256 g/mol. The highest BCUT2D eigenvalue weighted by Gasteiger charge is 2.34. The lowest BCUT2D eigenvalue weighted by molar-refractivity contribution is -0.137. The van der Waals surface area contributed by atoms with Gasteiger partial charge in [-0.1, -0.05) is 23.4 Å². The van der Waals surface area contributed by atoms with Crippen molar-refractivity contribution in [2.45, 2.75) is 6.18 Å². The number of carbonyl (C=O) groups excluding carboxylic acids is 1. The predicted molar refractivity (Wildman–Crippen MR) is 55.5 cm³/mol. The van der Waals surface area contributed by atoms with Crippen LogP contribution in [0, 0.1) is 0 Å². The van der Waals surface area contributed by atoms with E-state index in [4.69, 9.17) is 5.73 Å². The molecule has 0 atom stereocenters. The number of hydrogen-bond acceptors (Lipinski definition) is 3. The number of halogens is 3. The van der Waals surface area contributed by atoms with E-state index in [0.29, 0.717) is 0 Å². The molecular formula is C11H7F3N2O2. The van der Waals surface area contributed by atoms with Gasteiger partial charge in [-0.15, -0.1) is 0 Å². The number of benzene rings is 1. The Labute approximate surface area is 99.2 Å². The predicted octanol–water partition coefficient (Wildman–Crippen LogP) is 2.46. The minimum Gasteiger partial charge on any atom is -0.363 e. The molecule has 0 radical (unpaired) electrons. The maximum Gasteiger partial charge on any atom is 0.417 e.